The first kappa shape index (κ1) is 63.9. The third-order valence-electron chi connectivity index (χ3n) is 15.2. The minimum absolute atomic E-state index is 0.0693. The van der Waals surface area contributed by atoms with Gasteiger partial charge in [0.1, 0.15) is 22.8 Å². The maximum Gasteiger partial charge on any atom is 0.416 e. The van der Waals surface area contributed by atoms with E-state index in [1.54, 1.807) is 68.3 Å². The fourth-order valence-electron chi connectivity index (χ4n) is 11.1. The number of hydrogen-bond donors (Lipinski definition) is 6. The Morgan fingerprint density at radius 2 is 0.967 bits per heavy atom. The van der Waals surface area contributed by atoms with Gasteiger partial charge in [0, 0.05) is 90.4 Å². The SMILES string of the molecule is CC1(C)C/C(=C\C(=O)Nc2ccc3c(c2)NC(=O)CC3)c2ccc(C(F)(F)F)cc2O1.CN1CC(=O)Nc2cccc(NC(=O)/C=C3\CCCOc4cc(C(F)(F)F)ccc43)c21.O=C(/C=C1\CCOc2cc(C(F)(F)F)ccc21)Nc1ccc2c(c1)NC(=O)CC2. The van der Waals surface area contributed by atoms with Gasteiger partial charge in [-0.1, -0.05) is 36.4 Å². The molecule has 0 aromatic heterocycles. The molecule has 16 nitrogen and oxygen atoms in total. The first-order chi connectivity index (χ1) is 43.0. The van der Waals surface area contributed by atoms with Gasteiger partial charge in [-0.25, -0.2) is 0 Å². The second-order valence-electron chi connectivity index (χ2n) is 22.6. The second-order valence-corrected chi connectivity index (χ2v) is 22.6. The van der Waals surface area contributed by atoms with Crippen LogP contribution in [0.2, 0.25) is 0 Å². The van der Waals surface area contributed by atoms with Crippen LogP contribution in [0.5, 0.6) is 17.2 Å². The zero-order valence-corrected chi connectivity index (χ0v) is 48.9. The lowest BCUT2D eigenvalue weighted by Gasteiger charge is -2.34. The Hall–Kier alpha value is -10.1. The highest BCUT2D eigenvalue weighted by atomic mass is 19.4. The number of ether oxygens (including phenoxy) is 3. The maximum absolute atomic E-state index is 13.1. The summed E-state index contributed by atoms with van der Waals surface area (Å²) in [4.78, 5) is 74.5. The van der Waals surface area contributed by atoms with Crippen molar-refractivity contribution in [3.63, 3.8) is 0 Å². The van der Waals surface area contributed by atoms with Crippen LogP contribution in [0, 0.1) is 0 Å². The van der Waals surface area contributed by atoms with Crippen LogP contribution in [0.3, 0.4) is 0 Å². The number of para-hydroxylation sites is 1. The van der Waals surface area contributed by atoms with E-state index in [1.165, 1.54) is 36.4 Å². The van der Waals surface area contributed by atoms with Crippen molar-refractivity contribution in [1.82, 2.24) is 0 Å². The number of halogens is 9. The number of carbonyl (C=O) groups is 6. The molecule has 0 unspecified atom stereocenters. The van der Waals surface area contributed by atoms with E-state index in [9.17, 15) is 68.3 Å². The van der Waals surface area contributed by atoms with Crippen LogP contribution in [0.25, 0.3) is 16.7 Å². The van der Waals surface area contributed by atoms with Crippen molar-refractivity contribution in [2.75, 3.05) is 63.6 Å². The monoisotopic (exact) mass is 1260 g/mol. The topological polar surface area (TPSA) is 206 Å². The molecule has 25 heteroatoms. The minimum atomic E-state index is -4.48. The van der Waals surface area contributed by atoms with Crippen molar-refractivity contribution >= 4 is 92.0 Å². The van der Waals surface area contributed by atoms with Crippen molar-refractivity contribution in [3.05, 3.63) is 172 Å². The normalized spacial score (nSPS) is 17.6. The lowest BCUT2D eigenvalue weighted by molar-refractivity contribution is -0.138. The molecule has 6 aromatic carbocycles. The van der Waals surface area contributed by atoms with Crippen molar-refractivity contribution in [1.29, 1.82) is 0 Å². The highest BCUT2D eigenvalue weighted by molar-refractivity contribution is 6.10. The fraction of sp³-hybridized carbons (Fsp3) is 0.273. The summed E-state index contributed by atoms with van der Waals surface area (Å²) in [5.74, 6) is -1.20. The van der Waals surface area contributed by atoms with E-state index >= 15 is 0 Å². The van der Waals surface area contributed by atoms with Gasteiger partial charge >= 0.3 is 18.5 Å². The lowest BCUT2D eigenvalue weighted by Crippen LogP contribution is -2.36. The van der Waals surface area contributed by atoms with E-state index < -0.39 is 58.5 Å². The molecule has 0 saturated carbocycles. The number of alkyl halides is 9. The molecule has 0 atom stereocenters. The Kier molecular flexibility index (Phi) is 18.1. The molecule has 6 aromatic rings. The molecule has 0 fully saturated rings. The first-order valence-electron chi connectivity index (χ1n) is 28.7. The maximum atomic E-state index is 13.1. The van der Waals surface area contributed by atoms with E-state index in [1.807, 2.05) is 12.1 Å². The third-order valence-corrected chi connectivity index (χ3v) is 15.2. The van der Waals surface area contributed by atoms with E-state index in [0.29, 0.717) is 125 Å². The van der Waals surface area contributed by atoms with Crippen molar-refractivity contribution in [2.45, 2.75) is 89.3 Å². The third kappa shape index (κ3) is 15.7. The number of fused-ring (bicyclic) bond motifs is 6. The predicted octanol–water partition coefficient (Wildman–Crippen LogP) is 13.9. The summed E-state index contributed by atoms with van der Waals surface area (Å²) in [6, 6.07) is 25.6. The average Bonchev–Trinajstić information content (AvgIpc) is 1.04. The Bertz CT molecular complexity index is 4020. The lowest BCUT2D eigenvalue weighted by atomic mass is 9.88. The van der Waals surface area contributed by atoms with Gasteiger partial charge < -0.3 is 51.0 Å². The molecule has 0 radical (unpaired) electrons. The molecule has 474 valence electrons. The van der Waals surface area contributed by atoms with Crippen LogP contribution >= 0.6 is 0 Å². The molecular formula is C66H58F9N7O9. The number of allylic oxidation sites excluding steroid dienone is 1. The van der Waals surface area contributed by atoms with Crippen LogP contribution in [0.1, 0.15) is 96.9 Å². The standard InChI is InChI=1S/C23H21F3N2O3.C22H20F3N3O3.C21H17F3N2O3/c1-22(2)12-14(17-7-5-15(23(24,25)26)10-19(17)31-22)9-21(30)27-16-6-3-13-4-8-20(29)28-18(13)11-16;1-28-12-20(30)27-17-6-2-5-16(21(17)28)26-19(29)10-13-4-3-9-31-18-11-14(22(23,24)25)7-8-15(13)18;22-21(23,24)14-3-5-16-13(7-8-29-18(16)10-14)9-20(28)25-15-4-1-12-2-6-19(27)26-17(12)11-15/h3,5-7,9-11H,4,8,12H2,1-2H3,(H,27,30)(H,28,29);2,5-8,10-11H,3-4,9,12H2,1H3,(H,26,29)(H,27,30);1,3-5,9-11H,2,6-8H2,(H,25,28)(H,26,27)/b14-9+;13-10+;13-9+. The molecule has 0 saturated heterocycles. The molecule has 0 spiro atoms. The molecule has 6 N–H and O–H groups in total. The van der Waals surface area contributed by atoms with Gasteiger partial charge in [-0.2, -0.15) is 39.5 Å². The summed E-state index contributed by atoms with van der Waals surface area (Å²) >= 11 is 0. The number of nitrogens with zero attached hydrogens (tertiary/aromatic N) is 1. The highest BCUT2D eigenvalue weighted by Gasteiger charge is 2.37. The molecule has 6 amide bonds. The van der Waals surface area contributed by atoms with Crippen LogP contribution in [0.4, 0.5) is 79.3 Å². The number of likely N-dealkylation sites (N-methyl/N-ethyl adjacent to an activating group) is 1. The smallest absolute Gasteiger partial charge is 0.416 e. The van der Waals surface area contributed by atoms with E-state index in [0.717, 1.165) is 47.5 Å². The molecule has 6 aliphatic rings. The molecular weight excluding hydrogens is 1210 g/mol. The van der Waals surface area contributed by atoms with Gasteiger partial charge in [0.2, 0.25) is 35.4 Å². The van der Waals surface area contributed by atoms with Gasteiger partial charge in [-0.05, 0) is 140 Å². The van der Waals surface area contributed by atoms with Crippen LogP contribution in [0.15, 0.2) is 127 Å². The molecule has 0 bridgehead atoms. The van der Waals surface area contributed by atoms with Gasteiger partial charge in [-0.15, -0.1) is 0 Å². The zero-order chi connectivity index (χ0) is 65.2. The number of aryl methyl sites for hydroxylation is 2. The Morgan fingerprint density at radius 3 is 1.49 bits per heavy atom. The molecule has 6 aliphatic heterocycles. The molecule has 6 heterocycles. The summed E-state index contributed by atoms with van der Waals surface area (Å²) < 4.78 is 134. The zero-order valence-electron chi connectivity index (χ0n) is 48.9. The Morgan fingerprint density at radius 1 is 0.505 bits per heavy atom. The number of rotatable bonds is 6. The van der Waals surface area contributed by atoms with Gasteiger partial charge in [-0.3, -0.25) is 28.8 Å². The average molecular weight is 1260 g/mol. The molecule has 0 aliphatic carbocycles. The Balaban J connectivity index is 0.000000150. The number of hydrogen-bond acceptors (Lipinski definition) is 10. The second kappa shape index (κ2) is 25.8. The summed E-state index contributed by atoms with van der Waals surface area (Å²) in [6.07, 6.45) is -5.28. The summed E-state index contributed by atoms with van der Waals surface area (Å²) in [5, 5.41) is 16.6. The van der Waals surface area contributed by atoms with Crippen LogP contribution in [-0.2, 0) is 60.1 Å². The number of anilines is 7. The summed E-state index contributed by atoms with van der Waals surface area (Å²) in [7, 11) is 1.75. The number of carbonyl (C=O) groups excluding carboxylic acids is 6. The minimum Gasteiger partial charge on any atom is -0.493 e. The molecule has 91 heavy (non-hydrogen) atoms. The number of nitrogens with one attached hydrogen (secondary N) is 6. The van der Waals surface area contributed by atoms with Crippen LogP contribution in [-0.4, -0.2) is 67.9 Å². The van der Waals surface area contributed by atoms with Crippen molar-refractivity contribution < 1.29 is 82.5 Å². The fourth-order valence-corrected chi connectivity index (χ4v) is 11.1. The quantitative estimate of drug-likeness (QED) is 0.0687. The van der Waals surface area contributed by atoms with E-state index in [2.05, 4.69) is 31.9 Å². The first-order valence-corrected chi connectivity index (χ1v) is 28.7. The summed E-state index contributed by atoms with van der Waals surface area (Å²) in [5.41, 5.74) is 6.21. The van der Waals surface area contributed by atoms with Crippen molar-refractivity contribution in [3.8, 4) is 17.2 Å². The number of amides is 6. The predicted molar refractivity (Wildman–Crippen MR) is 323 cm³/mol. The van der Waals surface area contributed by atoms with Gasteiger partial charge in [0.15, 0.2) is 0 Å². The molecule has 12 rings (SSSR count). The van der Waals surface area contributed by atoms with Gasteiger partial charge in [0.25, 0.3) is 0 Å². The Labute approximate surface area is 514 Å². The van der Waals surface area contributed by atoms with Gasteiger partial charge in [0.05, 0.1) is 53.5 Å². The summed E-state index contributed by atoms with van der Waals surface area (Å²) in [6.45, 7) is 4.14. The number of benzene rings is 6. The van der Waals surface area contributed by atoms with E-state index in [-0.39, 0.29) is 54.7 Å². The largest absolute Gasteiger partial charge is 0.493 e. The van der Waals surface area contributed by atoms with Crippen molar-refractivity contribution in [2.24, 2.45) is 0 Å². The van der Waals surface area contributed by atoms with E-state index in [4.69, 9.17) is 14.2 Å². The highest BCUT2D eigenvalue weighted by Crippen LogP contribution is 2.45. The van der Waals surface area contributed by atoms with Crippen LogP contribution < -0.4 is 51.0 Å².